The molecule has 1 rings (SSSR count). The maximum atomic E-state index is 11.7. The van der Waals surface area contributed by atoms with Gasteiger partial charge in [0.1, 0.15) is 6.61 Å². The molecule has 0 aromatic carbocycles. The van der Waals surface area contributed by atoms with E-state index >= 15 is 0 Å². The minimum atomic E-state index is -3.77. The van der Waals surface area contributed by atoms with Crippen LogP contribution in [0.2, 0.25) is 0 Å². The molecule has 0 bridgehead atoms. The lowest BCUT2D eigenvalue weighted by atomic mass is 10.5. The molecule has 0 saturated heterocycles. The minimum Gasteiger partial charge on any atom is -0.374 e. The quantitative estimate of drug-likeness (QED) is 0.685. The second kappa shape index (κ2) is 6.57. The lowest BCUT2D eigenvalue weighted by Gasteiger charge is -2.06. The molecule has 0 unspecified atom stereocenters. The fourth-order valence-electron chi connectivity index (χ4n) is 1.07. The predicted octanol–water partition coefficient (Wildman–Crippen LogP) is -0.0651. The molecule has 1 aromatic rings. The van der Waals surface area contributed by atoms with Gasteiger partial charge in [0.25, 0.3) is 6.43 Å². The number of rotatable bonds is 7. The van der Waals surface area contributed by atoms with Gasteiger partial charge in [-0.1, -0.05) is 0 Å². The van der Waals surface area contributed by atoms with Crippen LogP contribution >= 0.6 is 0 Å². The third-order valence-electron chi connectivity index (χ3n) is 1.85. The van der Waals surface area contributed by atoms with Crippen molar-refractivity contribution in [1.29, 1.82) is 0 Å². The van der Waals surface area contributed by atoms with E-state index < -0.39 is 28.6 Å². The summed E-state index contributed by atoms with van der Waals surface area (Å²) in [5.74, 6) is 0. The van der Waals surface area contributed by atoms with Gasteiger partial charge in [-0.3, -0.25) is 4.79 Å². The van der Waals surface area contributed by atoms with E-state index in [9.17, 15) is 22.0 Å². The normalized spacial score (nSPS) is 11.9. The Morgan fingerprint density at radius 3 is 2.67 bits per heavy atom. The molecule has 18 heavy (non-hydrogen) atoms. The Labute approximate surface area is 102 Å². The van der Waals surface area contributed by atoms with E-state index in [-0.39, 0.29) is 18.0 Å². The van der Waals surface area contributed by atoms with Crippen molar-refractivity contribution in [2.24, 2.45) is 0 Å². The highest BCUT2D eigenvalue weighted by atomic mass is 32.2. The van der Waals surface area contributed by atoms with Gasteiger partial charge in [0.15, 0.2) is 0 Å². The van der Waals surface area contributed by atoms with Crippen LogP contribution in [0.5, 0.6) is 0 Å². The zero-order valence-corrected chi connectivity index (χ0v) is 10.0. The van der Waals surface area contributed by atoms with E-state index in [0.29, 0.717) is 0 Å². The first kappa shape index (κ1) is 14.7. The third-order valence-corrected chi connectivity index (χ3v) is 3.31. The number of sulfonamides is 1. The zero-order chi connectivity index (χ0) is 13.6. The highest BCUT2D eigenvalue weighted by molar-refractivity contribution is 7.89. The highest BCUT2D eigenvalue weighted by Crippen LogP contribution is 2.03. The van der Waals surface area contributed by atoms with Gasteiger partial charge in [-0.15, -0.1) is 0 Å². The van der Waals surface area contributed by atoms with Crippen LogP contribution in [0.15, 0.2) is 28.0 Å². The average Bonchev–Trinajstić information content (AvgIpc) is 2.28. The van der Waals surface area contributed by atoms with Crippen molar-refractivity contribution in [1.82, 2.24) is 9.71 Å². The smallest absolute Gasteiger partial charge is 0.261 e. The molecule has 0 radical (unpaired) electrons. The second-order valence-electron chi connectivity index (χ2n) is 3.25. The summed E-state index contributed by atoms with van der Waals surface area (Å²) < 4.78 is 53.3. The number of hydrogen-bond donors (Lipinski definition) is 2. The van der Waals surface area contributed by atoms with Crippen LogP contribution in [0.3, 0.4) is 0 Å². The number of ether oxygens (including phenoxy) is 1. The lowest BCUT2D eigenvalue weighted by molar-refractivity contribution is 0.0199. The molecule has 0 atom stereocenters. The predicted molar refractivity (Wildman–Crippen MR) is 59.1 cm³/mol. The topological polar surface area (TPSA) is 88.3 Å². The molecule has 1 aromatic heterocycles. The highest BCUT2D eigenvalue weighted by Gasteiger charge is 2.13. The number of aromatic amines is 1. The first-order chi connectivity index (χ1) is 8.42. The molecule has 0 aliphatic heterocycles. The summed E-state index contributed by atoms with van der Waals surface area (Å²) in [5.41, 5.74) is -0.422. The van der Waals surface area contributed by atoms with E-state index in [1.165, 1.54) is 0 Å². The zero-order valence-electron chi connectivity index (χ0n) is 9.23. The van der Waals surface area contributed by atoms with Gasteiger partial charge in [0, 0.05) is 18.8 Å². The maximum Gasteiger partial charge on any atom is 0.261 e. The number of nitrogens with one attached hydrogen (secondary N) is 2. The Morgan fingerprint density at radius 2 is 2.11 bits per heavy atom. The molecule has 1 heterocycles. The van der Waals surface area contributed by atoms with Gasteiger partial charge in [0.2, 0.25) is 15.6 Å². The van der Waals surface area contributed by atoms with Crippen molar-refractivity contribution >= 4 is 10.0 Å². The summed E-state index contributed by atoms with van der Waals surface area (Å²) in [4.78, 5) is 12.9. The Morgan fingerprint density at radius 1 is 1.39 bits per heavy atom. The van der Waals surface area contributed by atoms with Gasteiger partial charge in [-0.2, -0.15) is 0 Å². The van der Waals surface area contributed by atoms with E-state index in [1.807, 2.05) is 0 Å². The molecular formula is C9H12F2N2O4S. The van der Waals surface area contributed by atoms with Crippen LogP contribution in [0, 0.1) is 0 Å². The molecule has 2 N–H and O–H groups in total. The van der Waals surface area contributed by atoms with Crippen molar-refractivity contribution in [3.05, 3.63) is 28.7 Å². The lowest BCUT2D eigenvalue weighted by Crippen LogP contribution is -2.28. The molecule has 0 spiro atoms. The molecule has 0 saturated carbocycles. The molecule has 6 nitrogen and oxygen atoms in total. The molecule has 0 fully saturated rings. The Hall–Kier alpha value is -1.32. The number of halogens is 2. The third kappa shape index (κ3) is 4.90. The molecule has 9 heteroatoms. The van der Waals surface area contributed by atoms with E-state index in [0.717, 1.165) is 18.3 Å². The summed E-state index contributed by atoms with van der Waals surface area (Å²) in [7, 11) is -3.77. The summed E-state index contributed by atoms with van der Waals surface area (Å²) in [6, 6.07) is 2.21. The number of pyridine rings is 1. The largest absolute Gasteiger partial charge is 0.374 e. The molecule has 0 aliphatic rings. The SMILES string of the molecule is O=c1ccc(S(=O)(=O)NCCOCC(F)F)c[nH]1. The summed E-state index contributed by atoms with van der Waals surface area (Å²) in [6.45, 7) is -1.03. The van der Waals surface area contributed by atoms with E-state index in [1.54, 1.807) is 0 Å². The van der Waals surface area contributed by atoms with Crippen molar-refractivity contribution in [2.75, 3.05) is 19.8 Å². The molecule has 0 aliphatic carbocycles. The van der Waals surface area contributed by atoms with Crippen molar-refractivity contribution in [2.45, 2.75) is 11.3 Å². The fraction of sp³-hybridized carbons (Fsp3) is 0.444. The first-order valence-corrected chi connectivity index (χ1v) is 6.44. The van der Waals surface area contributed by atoms with Gasteiger partial charge in [-0.25, -0.2) is 21.9 Å². The van der Waals surface area contributed by atoms with Gasteiger partial charge in [0.05, 0.1) is 11.5 Å². The average molecular weight is 282 g/mol. The Balaban J connectivity index is 2.45. The summed E-state index contributed by atoms with van der Waals surface area (Å²) >= 11 is 0. The Bertz CT molecular complexity index is 509. The Kier molecular flexibility index (Phi) is 5.38. The van der Waals surface area contributed by atoms with Crippen LogP contribution in [-0.4, -0.2) is 39.6 Å². The minimum absolute atomic E-state index is 0.115. The van der Waals surface area contributed by atoms with Crippen molar-refractivity contribution in [3.63, 3.8) is 0 Å². The molecule has 102 valence electrons. The maximum absolute atomic E-state index is 11.7. The van der Waals surface area contributed by atoms with Gasteiger partial charge >= 0.3 is 0 Å². The number of hydrogen-bond acceptors (Lipinski definition) is 4. The van der Waals surface area contributed by atoms with Crippen LogP contribution < -0.4 is 10.3 Å². The first-order valence-electron chi connectivity index (χ1n) is 4.96. The van der Waals surface area contributed by atoms with Gasteiger partial charge in [-0.05, 0) is 6.07 Å². The molecular weight excluding hydrogens is 270 g/mol. The molecule has 0 amide bonds. The van der Waals surface area contributed by atoms with Crippen LogP contribution in [0.4, 0.5) is 8.78 Å². The summed E-state index contributed by atoms with van der Waals surface area (Å²) in [6.07, 6.45) is -1.54. The second-order valence-corrected chi connectivity index (χ2v) is 5.02. The number of H-pyrrole nitrogens is 1. The van der Waals surface area contributed by atoms with E-state index in [4.69, 9.17) is 0 Å². The van der Waals surface area contributed by atoms with Crippen LogP contribution in [-0.2, 0) is 14.8 Å². The van der Waals surface area contributed by atoms with Gasteiger partial charge < -0.3 is 9.72 Å². The van der Waals surface area contributed by atoms with Crippen molar-refractivity contribution < 1.29 is 21.9 Å². The van der Waals surface area contributed by atoms with Crippen molar-refractivity contribution in [3.8, 4) is 0 Å². The standard InChI is InChI=1S/C9H12F2N2O4S/c10-8(11)6-17-4-3-13-18(15,16)7-1-2-9(14)12-5-7/h1-2,5,8,13H,3-4,6H2,(H,12,14). The fourth-order valence-corrected chi connectivity index (χ4v) is 2.05. The summed E-state index contributed by atoms with van der Waals surface area (Å²) in [5, 5.41) is 0. The number of alkyl halides is 2. The number of aromatic nitrogens is 1. The van der Waals surface area contributed by atoms with Crippen LogP contribution in [0.25, 0.3) is 0 Å². The van der Waals surface area contributed by atoms with Crippen LogP contribution in [0.1, 0.15) is 0 Å². The monoisotopic (exact) mass is 282 g/mol. The van der Waals surface area contributed by atoms with E-state index in [2.05, 4.69) is 14.4 Å².